The van der Waals surface area contributed by atoms with Crippen LogP contribution in [-0.2, 0) is 0 Å². The number of hydrogen-bond acceptors (Lipinski definition) is 6. The summed E-state index contributed by atoms with van der Waals surface area (Å²) in [5.74, 6) is 0.0814. The number of aromatic nitrogens is 2. The summed E-state index contributed by atoms with van der Waals surface area (Å²) in [5.41, 5.74) is 3.16. The molecule has 0 unspecified atom stereocenters. The van der Waals surface area contributed by atoms with Crippen molar-refractivity contribution in [1.82, 2.24) is 9.97 Å². The fraction of sp³-hybridized carbons (Fsp3) is 0.105. The topological polar surface area (TPSA) is 110 Å². The largest absolute Gasteiger partial charge is 0.324 e. The second-order valence-corrected chi connectivity index (χ2v) is 5.94. The van der Waals surface area contributed by atoms with E-state index < -0.39 is 10.8 Å². The van der Waals surface area contributed by atoms with E-state index in [1.165, 1.54) is 24.3 Å². The van der Waals surface area contributed by atoms with Crippen LogP contribution < -0.4 is 10.6 Å². The van der Waals surface area contributed by atoms with Crippen molar-refractivity contribution in [3.8, 4) is 0 Å². The second-order valence-electron chi connectivity index (χ2n) is 5.94. The van der Waals surface area contributed by atoms with E-state index in [1.807, 2.05) is 19.9 Å². The van der Waals surface area contributed by atoms with E-state index in [0.29, 0.717) is 11.6 Å². The van der Waals surface area contributed by atoms with Gasteiger partial charge in [0.25, 0.3) is 11.6 Å². The Morgan fingerprint density at radius 3 is 2.22 bits per heavy atom. The third-order valence-corrected chi connectivity index (χ3v) is 3.70. The maximum absolute atomic E-state index is 12.3. The predicted molar refractivity (Wildman–Crippen MR) is 102 cm³/mol. The van der Waals surface area contributed by atoms with Crippen molar-refractivity contribution in [2.75, 3.05) is 10.6 Å². The fourth-order valence-corrected chi connectivity index (χ4v) is 2.51. The van der Waals surface area contributed by atoms with Gasteiger partial charge in [0.15, 0.2) is 0 Å². The first kappa shape index (κ1) is 18.0. The molecule has 3 aromatic rings. The molecule has 1 heterocycles. The number of aryl methyl sites for hydroxylation is 2. The average Bonchev–Trinajstić information content (AvgIpc) is 2.62. The van der Waals surface area contributed by atoms with E-state index in [0.717, 1.165) is 17.1 Å². The smallest absolute Gasteiger partial charge is 0.270 e. The summed E-state index contributed by atoms with van der Waals surface area (Å²) in [6, 6.07) is 14.5. The first-order valence-corrected chi connectivity index (χ1v) is 8.16. The van der Waals surface area contributed by atoms with Gasteiger partial charge in [-0.2, -0.15) is 0 Å². The van der Waals surface area contributed by atoms with Crippen molar-refractivity contribution < 1.29 is 9.72 Å². The van der Waals surface area contributed by atoms with Gasteiger partial charge in [0, 0.05) is 40.5 Å². The number of hydrogen-bond donors (Lipinski definition) is 2. The molecule has 136 valence electrons. The van der Waals surface area contributed by atoms with E-state index in [2.05, 4.69) is 20.6 Å². The number of anilines is 3. The zero-order valence-electron chi connectivity index (χ0n) is 14.8. The van der Waals surface area contributed by atoms with Gasteiger partial charge in [-0.15, -0.1) is 0 Å². The molecule has 0 spiro atoms. The summed E-state index contributed by atoms with van der Waals surface area (Å²) >= 11 is 0. The molecule has 0 saturated heterocycles. The van der Waals surface area contributed by atoms with E-state index in [1.54, 1.807) is 24.3 Å². The van der Waals surface area contributed by atoms with Crippen LogP contribution in [0.3, 0.4) is 0 Å². The molecule has 0 atom stereocenters. The number of nitrogens with one attached hydrogen (secondary N) is 2. The van der Waals surface area contributed by atoms with Crippen molar-refractivity contribution in [3.63, 3.8) is 0 Å². The van der Waals surface area contributed by atoms with Crippen LogP contribution in [0.2, 0.25) is 0 Å². The highest BCUT2D eigenvalue weighted by atomic mass is 16.6. The lowest BCUT2D eigenvalue weighted by Crippen LogP contribution is -2.12. The maximum Gasteiger partial charge on any atom is 0.270 e. The number of non-ortho nitro benzene ring substituents is 1. The Hall–Kier alpha value is -3.81. The van der Waals surface area contributed by atoms with Gasteiger partial charge < -0.3 is 10.6 Å². The lowest BCUT2D eigenvalue weighted by Gasteiger charge is -2.09. The van der Waals surface area contributed by atoms with E-state index >= 15 is 0 Å². The number of nitro groups is 1. The molecule has 2 aromatic carbocycles. The molecule has 0 bridgehead atoms. The molecule has 0 aliphatic rings. The molecule has 0 fully saturated rings. The summed E-state index contributed by atoms with van der Waals surface area (Å²) in [6.07, 6.45) is 0. The van der Waals surface area contributed by atoms with Crippen LogP contribution in [0.1, 0.15) is 21.7 Å². The maximum atomic E-state index is 12.3. The third kappa shape index (κ3) is 4.63. The molecule has 0 saturated carbocycles. The van der Waals surface area contributed by atoms with Crippen molar-refractivity contribution in [2.24, 2.45) is 0 Å². The molecular formula is C19H17N5O3. The summed E-state index contributed by atoms with van der Waals surface area (Å²) in [5, 5.41) is 16.6. The number of rotatable bonds is 5. The SMILES string of the molecule is Cc1cc(C)nc(Nc2ccc(NC(=O)c3cccc([N+](=O)[O-])c3)cc2)n1. The molecule has 1 aromatic heterocycles. The first-order valence-electron chi connectivity index (χ1n) is 8.16. The number of benzene rings is 2. The van der Waals surface area contributed by atoms with Gasteiger partial charge in [-0.05, 0) is 50.2 Å². The Morgan fingerprint density at radius 1 is 0.963 bits per heavy atom. The van der Waals surface area contributed by atoms with Crippen LogP contribution in [0.15, 0.2) is 54.6 Å². The predicted octanol–water partition coefficient (Wildman–Crippen LogP) is 4.00. The second kappa shape index (κ2) is 7.61. The minimum absolute atomic E-state index is 0.129. The summed E-state index contributed by atoms with van der Waals surface area (Å²) in [6.45, 7) is 3.79. The van der Waals surface area contributed by atoms with Crippen molar-refractivity contribution >= 4 is 28.9 Å². The summed E-state index contributed by atoms with van der Waals surface area (Å²) in [7, 11) is 0. The van der Waals surface area contributed by atoms with Crippen molar-refractivity contribution in [1.29, 1.82) is 0 Å². The Bertz CT molecular complexity index is 982. The molecule has 3 rings (SSSR count). The lowest BCUT2D eigenvalue weighted by atomic mass is 10.2. The fourth-order valence-electron chi connectivity index (χ4n) is 2.51. The highest BCUT2D eigenvalue weighted by molar-refractivity contribution is 6.04. The number of carbonyl (C=O) groups is 1. The van der Waals surface area contributed by atoms with Crippen LogP contribution in [0.4, 0.5) is 23.0 Å². The van der Waals surface area contributed by atoms with E-state index in [9.17, 15) is 14.9 Å². The van der Waals surface area contributed by atoms with Crippen LogP contribution in [0, 0.1) is 24.0 Å². The minimum Gasteiger partial charge on any atom is -0.324 e. The van der Waals surface area contributed by atoms with Crippen LogP contribution in [-0.4, -0.2) is 20.8 Å². The summed E-state index contributed by atoms with van der Waals surface area (Å²) < 4.78 is 0. The van der Waals surface area contributed by atoms with Gasteiger partial charge in [-0.25, -0.2) is 9.97 Å². The molecule has 2 N–H and O–H groups in total. The highest BCUT2D eigenvalue weighted by Crippen LogP contribution is 2.19. The minimum atomic E-state index is -0.535. The molecule has 27 heavy (non-hydrogen) atoms. The number of amides is 1. The Kier molecular flexibility index (Phi) is 5.07. The quantitative estimate of drug-likeness (QED) is 0.524. The van der Waals surface area contributed by atoms with Gasteiger partial charge in [-0.1, -0.05) is 6.07 Å². The molecule has 8 nitrogen and oxygen atoms in total. The number of nitro benzene ring substituents is 1. The van der Waals surface area contributed by atoms with Gasteiger partial charge >= 0.3 is 0 Å². The van der Waals surface area contributed by atoms with Gasteiger partial charge in [0.05, 0.1) is 4.92 Å². The zero-order chi connectivity index (χ0) is 19.4. The van der Waals surface area contributed by atoms with E-state index in [-0.39, 0.29) is 11.3 Å². The Balaban J connectivity index is 1.69. The molecule has 0 radical (unpaired) electrons. The Labute approximate surface area is 155 Å². The van der Waals surface area contributed by atoms with Crippen LogP contribution in [0.5, 0.6) is 0 Å². The van der Waals surface area contributed by atoms with Crippen molar-refractivity contribution in [2.45, 2.75) is 13.8 Å². The lowest BCUT2D eigenvalue weighted by molar-refractivity contribution is -0.384. The van der Waals surface area contributed by atoms with E-state index in [4.69, 9.17) is 0 Å². The molecule has 8 heteroatoms. The van der Waals surface area contributed by atoms with Gasteiger partial charge in [0.2, 0.25) is 5.95 Å². The molecular weight excluding hydrogens is 346 g/mol. The molecule has 0 aliphatic heterocycles. The van der Waals surface area contributed by atoms with Crippen LogP contribution >= 0.6 is 0 Å². The average molecular weight is 363 g/mol. The van der Waals surface area contributed by atoms with Crippen molar-refractivity contribution in [3.05, 3.63) is 81.7 Å². The monoisotopic (exact) mass is 363 g/mol. The zero-order valence-corrected chi connectivity index (χ0v) is 14.8. The standard InChI is InChI=1S/C19H17N5O3/c1-12-10-13(2)21-19(20-12)23-16-8-6-15(7-9-16)22-18(25)14-4-3-5-17(11-14)24(26)27/h3-11H,1-2H3,(H,22,25)(H,20,21,23). The normalized spacial score (nSPS) is 10.3. The van der Waals surface area contributed by atoms with Gasteiger partial charge in [0.1, 0.15) is 0 Å². The first-order chi connectivity index (χ1) is 12.9. The number of nitrogens with zero attached hydrogens (tertiary/aromatic N) is 3. The summed E-state index contributed by atoms with van der Waals surface area (Å²) in [4.78, 5) is 31.2. The molecule has 1 amide bonds. The molecule has 0 aliphatic carbocycles. The van der Waals surface area contributed by atoms with Gasteiger partial charge in [-0.3, -0.25) is 14.9 Å². The number of carbonyl (C=O) groups excluding carboxylic acids is 1. The Morgan fingerprint density at radius 2 is 1.59 bits per heavy atom. The van der Waals surface area contributed by atoms with Crippen LogP contribution in [0.25, 0.3) is 0 Å². The highest BCUT2D eigenvalue weighted by Gasteiger charge is 2.11. The third-order valence-electron chi connectivity index (χ3n) is 3.70.